The Morgan fingerprint density at radius 1 is 1.03 bits per heavy atom. The highest BCUT2D eigenvalue weighted by Gasteiger charge is 2.34. The van der Waals surface area contributed by atoms with Crippen LogP contribution in [0, 0.1) is 5.82 Å². The van der Waals surface area contributed by atoms with Crippen molar-refractivity contribution in [3.05, 3.63) is 77.1 Å². The van der Waals surface area contributed by atoms with Crippen molar-refractivity contribution < 1.29 is 37.0 Å². The summed E-state index contributed by atoms with van der Waals surface area (Å²) in [5.74, 6) is -2.82. The van der Waals surface area contributed by atoms with E-state index in [0.717, 1.165) is 18.2 Å². The van der Waals surface area contributed by atoms with Crippen LogP contribution < -0.4 is 10.1 Å². The molecule has 0 aromatic heterocycles. The number of carboxylic acids is 1. The van der Waals surface area contributed by atoms with Gasteiger partial charge in [0.2, 0.25) is 0 Å². The van der Waals surface area contributed by atoms with Crippen molar-refractivity contribution in [3.63, 3.8) is 0 Å². The molecular weight excluding hydrogens is 442 g/mol. The second-order valence-electron chi connectivity index (χ2n) is 7.71. The van der Waals surface area contributed by atoms with E-state index in [-0.39, 0.29) is 35.1 Å². The minimum Gasteiger partial charge on any atom is -0.487 e. The first kappa shape index (κ1) is 24.0. The number of ether oxygens (including phenoxy) is 1. The summed E-state index contributed by atoms with van der Waals surface area (Å²) in [6.45, 7) is 2.71. The van der Waals surface area contributed by atoms with Crippen molar-refractivity contribution >= 4 is 22.6 Å². The number of rotatable bonds is 7. The lowest BCUT2D eigenvalue weighted by atomic mass is 9.97. The average Bonchev–Trinajstić information content (AvgIpc) is 2.77. The Hall–Kier alpha value is -3.62. The van der Waals surface area contributed by atoms with Crippen molar-refractivity contribution in [2.75, 3.05) is 0 Å². The third-order valence-corrected chi connectivity index (χ3v) is 5.42. The Kier molecular flexibility index (Phi) is 6.62. The van der Waals surface area contributed by atoms with E-state index >= 15 is 0 Å². The number of nitrogens with one attached hydrogen (secondary N) is 1. The summed E-state index contributed by atoms with van der Waals surface area (Å²) in [7, 11) is 0. The van der Waals surface area contributed by atoms with Gasteiger partial charge in [0.1, 0.15) is 23.7 Å². The van der Waals surface area contributed by atoms with Gasteiger partial charge < -0.3 is 15.2 Å². The lowest BCUT2D eigenvalue weighted by molar-refractivity contribution is -0.144. The highest BCUT2D eigenvalue weighted by atomic mass is 19.4. The molecule has 3 rings (SSSR count). The molecule has 9 heteroatoms. The highest BCUT2D eigenvalue weighted by molar-refractivity contribution is 6.05. The second kappa shape index (κ2) is 9.09. The van der Waals surface area contributed by atoms with E-state index in [0.29, 0.717) is 5.56 Å². The summed E-state index contributed by atoms with van der Waals surface area (Å²) in [6.07, 6.45) is -4.40. The molecule has 0 spiro atoms. The molecule has 3 aromatic carbocycles. The Labute approximate surface area is 187 Å². The summed E-state index contributed by atoms with van der Waals surface area (Å²) in [6, 6.07) is 11.5. The molecule has 0 heterocycles. The number of carbonyl (C=O) groups excluding carboxylic acids is 1. The highest BCUT2D eigenvalue weighted by Crippen LogP contribution is 2.34. The minimum absolute atomic E-state index is 0.00626. The molecule has 33 heavy (non-hydrogen) atoms. The van der Waals surface area contributed by atoms with Gasteiger partial charge in [-0.2, -0.15) is 13.2 Å². The van der Waals surface area contributed by atoms with Gasteiger partial charge in [-0.25, -0.2) is 9.18 Å². The van der Waals surface area contributed by atoms with Gasteiger partial charge >= 0.3 is 12.1 Å². The van der Waals surface area contributed by atoms with Crippen LogP contribution in [0.4, 0.5) is 17.6 Å². The van der Waals surface area contributed by atoms with Gasteiger partial charge in [0.15, 0.2) is 0 Å². The van der Waals surface area contributed by atoms with Crippen molar-refractivity contribution in [2.24, 2.45) is 0 Å². The average molecular weight is 463 g/mol. The van der Waals surface area contributed by atoms with Crippen molar-refractivity contribution in [2.45, 2.75) is 38.6 Å². The quantitative estimate of drug-likeness (QED) is 0.450. The number of fused-ring (bicyclic) bond motifs is 1. The van der Waals surface area contributed by atoms with Crippen LogP contribution in [0.25, 0.3) is 10.8 Å². The number of carboxylic acid groups (broad SMARTS) is 1. The molecule has 0 fully saturated rings. The van der Waals surface area contributed by atoms with E-state index in [1.165, 1.54) is 31.2 Å². The van der Waals surface area contributed by atoms with Crippen LogP contribution in [0.2, 0.25) is 0 Å². The molecule has 3 aromatic rings. The number of halogens is 4. The van der Waals surface area contributed by atoms with Gasteiger partial charge in [0.25, 0.3) is 5.91 Å². The molecule has 0 aliphatic carbocycles. The maximum absolute atomic E-state index is 14.7. The first-order chi connectivity index (χ1) is 15.5. The van der Waals surface area contributed by atoms with E-state index < -0.39 is 35.0 Å². The minimum atomic E-state index is -4.48. The summed E-state index contributed by atoms with van der Waals surface area (Å²) >= 11 is 0. The zero-order valence-electron chi connectivity index (χ0n) is 17.8. The number of hydrogen-bond acceptors (Lipinski definition) is 3. The molecule has 0 saturated carbocycles. The molecule has 5 nitrogen and oxygen atoms in total. The lowest BCUT2D eigenvalue weighted by Gasteiger charge is -2.25. The largest absolute Gasteiger partial charge is 0.487 e. The topological polar surface area (TPSA) is 75.6 Å². The third-order valence-electron chi connectivity index (χ3n) is 5.42. The lowest BCUT2D eigenvalue weighted by Crippen LogP contribution is -2.51. The van der Waals surface area contributed by atoms with Crippen LogP contribution in [0.15, 0.2) is 54.6 Å². The maximum atomic E-state index is 14.7. The van der Waals surface area contributed by atoms with Gasteiger partial charge in [0.05, 0.1) is 11.1 Å². The van der Waals surface area contributed by atoms with Gasteiger partial charge in [0, 0.05) is 10.8 Å². The van der Waals surface area contributed by atoms with Gasteiger partial charge in [-0.05, 0) is 37.1 Å². The molecule has 1 amide bonds. The molecule has 0 radical (unpaired) electrons. The fourth-order valence-corrected chi connectivity index (χ4v) is 3.19. The summed E-state index contributed by atoms with van der Waals surface area (Å²) in [4.78, 5) is 24.6. The van der Waals surface area contributed by atoms with Gasteiger partial charge in [-0.3, -0.25) is 4.79 Å². The first-order valence-corrected chi connectivity index (χ1v) is 10.0. The molecule has 0 aliphatic heterocycles. The van der Waals surface area contributed by atoms with Crippen molar-refractivity contribution in [3.8, 4) is 5.75 Å². The van der Waals surface area contributed by atoms with E-state index in [1.807, 2.05) is 0 Å². The molecule has 2 N–H and O–H groups in total. The number of hydrogen-bond donors (Lipinski definition) is 2. The number of alkyl halides is 3. The first-order valence-electron chi connectivity index (χ1n) is 10.0. The smallest absolute Gasteiger partial charge is 0.416 e. The Morgan fingerprint density at radius 3 is 2.18 bits per heavy atom. The van der Waals surface area contributed by atoms with E-state index in [4.69, 9.17) is 4.74 Å². The zero-order chi connectivity index (χ0) is 24.4. The van der Waals surface area contributed by atoms with Crippen LogP contribution in [0.1, 0.15) is 41.8 Å². The number of carbonyl (C=O) groups is 2. The molecule has 1 atom stereocenters. The van der Waals surface area contributed by atoms with Gasteiger partial charge in [-0.15, -0.1) is 0 Å². The molecule has 0 bridgehead atoms. The van der Waals surface area contributed by atoms with Crippen LogP contribution in [0.5, 0.6) is 5.75 Å². The third kappa shape index (κ3) is 5.08. The number of amides is 1. The zero-order valence-corrected chi connectivity index (χ0v) is 17.8. The number of aliphatic carboxylic acids is 1. The molecule has 174 valence electrons. The Morgan fingerprint density at radius 2 is 1.64 bits per heavy atom. The SMILES string of the molecule is CC[C@@](C)(NC(=O)c1cc(F)c2ccccc2c1OCc1ccc(C(F)(F)F)cc1)C(=O)O. The molecular formula is C24H21F4NO4. The fourth-order valence-electron chi connectivity index (χ4n) is 3.19. The molecule has 0 aliphatic rings. The number of benzene rings is 3. The second-order valence-corrected chi connectivity index (χ2v) is 7.71. The van der Waals surface area contributed by atoms with E-state index in [2.05, 4.69) is 5.32 Å². The summed E-state index contributed by atoms with van der Waals surface area (Å²) in [5, 5.41) is 12.3. The van der Waals surface area contributed by atoms with Crippen LogP contribution in [-0.2, 0) is 17.6 Å². The predicted molar refractivity (Wildman–Crippen MR) is 113 cm³/mol. The van der Waals surface area contributed by atoms with Crippen LogP contribution >= 0.6 is 0 Å². The van der Waals surface area contributed by atoms with E-state index in [9.17, 15) is 32.3 Å². The van der Waals surface area contributed by atoms with Crippen LogP contribution in [0.3, 0.4) is 0 Å². The van der Waals surface area contributed by atoms with Gasteiger partial charge in [-0.1, -0.05) is 43.3 Å². The standard InChI is InChI=1S/C24H21F4NO4/c1-3-23(2,22(31)32)29-21(30)18-12-19(25)16-6-4-5-7-17(16)20(18)33-13-14-8-10-15(11-9-14)24(26,27)28/h4-12H,3,13H2,1-2H3,(H,29,30)(H,31,32)/t23-/m1/s1. The Bertz CT molecular complexity index is 1190. The monoisotopic (exact) mass is 463 g/mol. The Balaban J connectivity index is 1.99. The normalized spacial score (nSPS) is 13.4. The van der Waals surface area contributed by atoms with E-state index in [1.54, 1.807) is 19.1 Å². The summed E-state index contributed by atoms with van der Waals surface area (Å²) < 4.78 is 58.9. The van der Waals surface area contributed by atoms with Crippen molar-refractivity contribution in [1.29, 1.82) is 0 Å². The summed E-state index contributed by atoms with van der Waals surface area (Å²) in [5.41, 5.74) is -2.24. The molecule has 0 unspecified atom stereocenters. The fraction of sp³-hybridized carbons (Fsp3) is 0.250. The molecule has 0 saturated heterocycles. The van der Waals surface area contributed by atoms with Crippen molar-refractivity contribution in [1.82, 2.24) is 5.32 Å². The maximum Gasteiger partial charge on any atom is 0.416 e. The van der Waals surface area contributed by atoms with Crippen LogP contribution in [-0.4, -0.2) is 22.5 Å². The predicted octanol–water partition coefficient (Wildman–Crippen LogP) is 5.56.